The Morgan fingerprint density at radius 2 is 1.75 bits per heavy atom. The topological polar surface area (TPSA) is 98.2 Å². The van der Waals surface area contributed by atoms with Crippen LogP contribution in [0.4, 0.5) is 0 Å². The number of aromatic nitrogens is 5. The van der Waals surface area contributed by atoms with E-state index in [4.69, 9.17) is 9.47 Å². The van der Waals surface area contributed by atoms with E-state index in [9.17, 15) is 4.79 Å². The van der Waals surface area contributed by atoms with Gasteiger partial charge in [0.15, 0.2) is 17.3 Å². The Morgan fingerprint density at radius 1 is 1.03 bits per heavy atom. The summed E-state index contributed by atoms with van der Waals surface area (Å²) >= 11 is 0. The van der Waals surface area contributed by atoms with Gasteiger partial charge >= 0.3 is 0 Å². The van der Waals surface area contributed by atoms with Crippen molar-refractivity contribution >= 4 is 10.9 Å². The molecule has 0 amide bonds. The molecule has 192 valence electrons. The van der Waals surface area contributed by atoms with Crippen molar-refractivity contribution in [1.82, 2.24) is 30.1 Å². The normalized spacial score (nSPS) is 19.7. The second-order valence-electron chi connectivity index (χ2n) is 11.0. The number of aromatic amines is 1. The minimum absolute atomic E-state index is 0.0388. The Balaban J connectivity index is 1.38. The second-order valence-corrected chi connectivity index (χ2v) is 11.0. The summed E-state index contributed by atoms with van der Waals surface area (Å²) < 4.78 is 13.2. The molecular weight excluding hydrogens is 456 g/mol. The van der Waals surface area contributed by atoms with Crippen molar-refractivity contribution < 1.29 is 9.47 Å². The summed E-state index contributed by atoms with van der Waals surface area (Å²) in [5, 5.41) is 14.2. The molecule has 2 aromatic heterocycles. The Labute approximate surface area is 211 Å². The average Bonchev–Trinajstić information content (AvgIpc) is 3.65. The lowest BCUT2D eigenvalue weighted by molar-refractivity contribution is 0.0815. The van der Waals surface area contributed by atoms with E-state index in [1.807, 2.05) is 18.2 Å². The predicted octanol–water partition coefficient (Wildman–Crippen LogP) is 4.89. The highest BCUT2D eigenvalue weighted by molar-refractivity contribution is 5.83. The smallest absolute Gasteiger partial charge is 0.252 e. The van der Waals surface area contributed by atoms with Crippen LogP contribution in [0.2, 0.25) is 0 Å². The fourth-order valence-corrected chi connectivity index (χ4v) is 6.46. The zero-order valence-electron chi connectivity index (χ0n) is 21.3. The highest BCUT2D eigenvalue weighted by Gasteiger charge is 2.36. The Bertz CT molecular complexity index is 1270. The minimum Gasteiger partial charge on any atom is -0.454 e. The third-order valence-electron chi connectivity index (χ3n) is 8.25. The maximum Gasteiger partial charge on any atom is 0.252 e. The van der Waals surface area contributed by atoms with Gasteiger partial charge in [-0.15, -0.1) is 5.10 Å². The number of fused-ring (bicyclic) bond motifs is 2. The first kappa shape index (κ1) is 23.5. The average molecular weight is 493 g/mol. The number of pyridine rings is 1. The van der Waals surface area contributed by atoms with Crippen LogP contribution in [0.25, 0.3) is 10.9 Å². The number of H-pyrrole nitrogens is 1. The molecule has 9 heteroatoms. The van der Waals surface area contributed by atoms with Gasteiger partial charge in [0.2, 0.25) is 6.79 Å². The zero-order valence-corrected chi connectivity index (χ0v) is 21.3. The summed E-state index contributed by atoms with van der Waals surface area (Å²) in [7, 11) is 0. The highest BCUT2D eigenvalue weighted by Crippen LogP contribution is 2.39. The van der Waals surface area contributed by atoms with Crippen molar-refractivity contribution in [2.45, 2.75) is 96.3 Å². The van der Waals surface area contributed by atoms with Gasteiger partial charge in [-0.2, -0.15) is 0 Å². The molecule has 2 saturated carbocycles. The Morgan fingerprint density at radius 3 is 2.50 bits per heavy atom. The van der Waals surface area contributed by atoms with Gasteiger partial charge in [-0.1, -0.05) is 46.0 Å². The number of benzene rings is 1. The number of hydrogen-bond acceptors (Lipinski definition) is 7. The summed E-state index contributed by atoms with van der Waals surface area (Å²) in [6.07, 6.45) is 10.7. The molecule has 9 nitrogen and oxygen atoms in total. The predicted molar refractivity (Wildman–Crippen MR) is 136 cm³/mol. The summed E-state index contributed by atoms with van der Waals surface area (Å²) in [6, 6.07) is 6.63. The third-order valence-corrected chi connectivity index (χ3v) is 8.25. The Hall–Kier alpha value is -2.94. The standard InChI is InChI=1S/C27H36N6O3/c1-17(2)25(26-29-30-31-33(26)21-10-4-3-5-11-21)32(20-8-6-7-9-20)15-19-12-18-13-23-24(36-16-35-23)14-22(18)28-27(19)34/h12-14,17,20-21,25H,3-11,15-16H2,1-2H3,(H,28,34). The van der Waals surface area contributed by atoms with Crippen LogP contribution < -0.4 is 15.0 Å². The van der Waals surface area contributed by atoms with Crippen LogP contribution >= 0.6 is 0 Å². The number of rotatable bonds is 7. The lowest BCUT2D eigenvalue weighted by Gasteiger charge is -2.38. The van der Waals surface area contributed by atoms with Gasteiger partial charge in [0.25, 0.3) is 5.56 Å². The van der Waals surface area contributed by atoms with Crippen LogP contribution in [0.5, 0.6) is 11.5 Å². The zero-order chi connectivity index (χ0) is 24.6. The maximum absolute atomic E-state index is 13.3. The van der Waals surface area contributed by atoms with Crippen molar-refractivity contribution in [1.29, 1.82) is 0 Å². The number of hydrogen-bond donors (Lipinski definition) is 1. The summed E-state index contributed by atoms with van der Waals surface area (Å²) in [4.78, 5) is 18.9. The van der Waals surface area contributed by atoms with Crippen molar-refractivity contribution in [3.63, 3.8) is 0 Å². The molecule has 1 unspecified atom stereocenters. The molecule has 3 heterocycles. The summed E-state index contributed by atoms with van der Waals surface area (Å²) in [5.74, 6) is 2.64. The molecule has 36 heavy (non-hydrogen) atoms. The highest BCUT2D eigenvalue weighted by atomic mass is 16.7. The van der Waals surface area contributed by atoms with Crippen molar-refractivity contribution in [2.75, 3.05) is 6.79 Å². The van der Waals surface area contributed by atoms with Crippen molar-refractivity contribution in [3.8, 4) is 11.5 Å². The molecule has 1 aromatic carbocycles. The van der Waals surface area contributed by atoms with Crippen molar-refractivity contribution in [3.05, 3.63) is 39.9 Å². The molecule has 0 radical (unpaired) electrons. The van der Waals surface area contributed by atoms with E-state index in [2.05, 4.69) is 43.9 Å². The number of tetrazole rings is 1. The fourth-order valence-electron chi connectivity index (χ4n) is 6.46. The van der Waals surface area contributed by atoms with Crippen LogP contribution in [-0.4, -0.2) is 42.9 Å². The second kappa shape index (κ2) is 9.84. The number of nitrogens with zero attached hydrogens (tertiary/aromatic N) is 5. The van der Waals surface area contributed by atoms with Crippen LogP contribution in [0.3, 0.4) is 0 Å². The van der Waals surface area contributed by atoms with Crippen LogP contribution in [0.1, 0.15) is 95.1 Å². The monoisotopic (exact) mass is 492 g/mol. The molecule has 0 spiro atoms. The van der Waals surface area contributed by atoms with Crippen LogP contribution in [0.15, 0.2) is 23.0 Å². The number of ether oxygens (including phenoxy) is 2. The van der Waals surface area contributed by atoms with Gasteiger partial charge in [-0.3, -0.25) is 9.69 Å². The van der Waals surface area contributed by atoms with E-state index >= 15 is 0 Å². The van der Waals surface area contributed by atoms with E-state index in [1.165, 1.54) is 32.1 Å². The molecule has 0 bridgehead atoms. The molecule has 1 atom stereocenters. The fraction of sp³-hybridized carbons (Fsp3) is 0.630. The van der Waals surface area contributed by atoms with Crippen LogP contribution in [-0.2, 0) is 6.54 Å². The van der Waals surface area contributed by atoms with Gasteiger partial charge in [0.1, 0.15) is 0 Å². The minimum atomic E-state index is -0.0567. The van der Waals surface area contributed by atoms with Gasteiger partial charge in [-0.05, 0) is 54.2 Å². The molecule has 6 rings (SSSR count). The van der Waals surface area contributed by atoms with Crippen molar-refractivity contribution in [2.24, 2.45) is 5.92 Å². The summed E-state index contributed by atoms with van der Waals surface area (Å²) in [5.41, 5.74) is 1.47. The summed E-state index contributed by atoms with van der Waals surface area (Å²) in [6.45, 7) is 5.27. The lowest BCUT2D eigenvalue weighted by atomic mass is 9.94. The number of nitrogens with one attached hydrogen (secondary N) is 1. The van der Waals surface area contributed by atoms with E-state index < -0.39 is 0 Å². The molecule has 0 saturated heterocycles. The van der Waals surface area contributed by atoms with Gasteiger partial charge < -0.3 is 14.5 Å². The van der Waals surface area contributed by atoms with E-state index in [0.717, 1.165) is 53.7 Å². The first-order chi connectivity index (χ1) is 17.6. The third kappa shape index (κ3) is 4.38. The molecular formula is C27H36N6O3. The first-order valence-corrected chi connectivity index (χ1v) is 13.6. The van der Waals surface area contributed by atoms with E-state index in [0.29, 0.717) is 30.3 Å². The first-order valence-electron chi connectivity index (χ1n) is 13.6. The lowest BCUT2D eigenvalue weighted by Crippen LogP contribution is -2.41. The van der Waals surface area contributed by atoms with Gasteiger partial charge in [-0.25, -0.2) is 4.68 Å². The van der Waals surface area contributed by atoms with E-state index in [-0.39, 0.29) is 18.4 Å². The molecule has 2 fully saturated rings. The quantitative estimate of drug-likeness (QED) is 0.501. The molecule has 1 aliphatic heterocycles. The van der Waals surface area contributed by atoms with Crippen LogP contribution in [0, 0.1) is 5.92 Å². The largest absolute Gasteiger partial charge is 0.454 e. The maximum atomic E-state index is 13.3. The molecule has 3 aliphatic rings. The van der Waals surface area contributed by atoms with Gasteiger partial charge in [0, 0.05) is 29.6 Å². The Kier molecular flexibility index (Phi) is 6.41. The molecule has 3 aromatic rings. The molecule has 2 aliphatic carbocycles. The SMILES string of the molecule is CC(C)C(c1nnnn1C1CCCCC1)N(Cc1cc2cc3c(cc2[nH]c1=O)OCO3)C1CCCC1. The molecule has 1 N–H and O–H groups in total. The van der Waals surface area contributed by atoms with Gasteiger partial charge in [0.05, 0.1) is 17.6 Å². The van der Waals surface area contributed by atoms with E-state index in [1.54, 1.807) is 0 Å².